The Bertz CT molecular complexity index is 1070. The SMILES string of the molecule is CCCCCCCCCCC/C=C/C/C=C/CCCC(=O)OC[C@H](COP(=O)(O)OC[C@@H](O)CO)OC(=O)CCCCCCCCCCCCCCCCCCCCCCC. The molecule has 10 nitrogen and oxygen atoms in total. The molecule has 11 heteroatoms. The van der Waals surface area contributed by atoms with Crippen LogP contribution in [0.1, 0.15) is 245 Å². The highest BCUT2D eigenvalue weighted by Crippen LogP contribution is 2.43. The molecular weight excluding hydrogens is 792 g/mol. The van der Waals surface area contributed by atoms with Crippen molar-refractivity contribution in [2.45, 2.75) is 257 Å². The number of hydrogen-bond acceptors (Lipinski definition) is 9. The van der Waals surface area contributed by atoms with Crippen LogP contribution in [-0.2, 0) is 32.7 Å². The number of carbonyl (C=O) groups excluding carboxylic acids is 2. The van der Waals surface area contributed by atoms with Crippen LogP contribution in [0, 0.1) is 0 Å². The van der Waals surface area contributed by atoms with Crippen molar-refractivity contribution in [2.24, 2.45) is 0 Å². The van der Waals surface area contributed by atoms with Gasteiger partial charge >= 0.3 is 19.8 Å². The van der Waals surface area contributed by atoms with Crippen molar-refractivity contribution in [3.05, 3.63) is 24.3 Å². The molecule has 0 spiro atoms. The van der Waals surface area contributed by atoms with E-state index in [-0.39, 0.29) is 19.4 Å². The smallest absolute Gasteiger partial charge is 0.462 e. The van der Waals surface area contributed by atoms with Gasteiger partial charge in [0.15, 0.2) is 6.10 Å². The number of esters is 2. The Labute approximate surface area is 374 Å². The summed E-state index contributed by atoms with van der Waals surface area (Å²) >= 11 is 0. The first-order chi connectivity index (χ1) is 29.7. The van der Waals surface area contributed by atoms with E-state index in [1.807, 2.05) is 0 Å². The summed E-state index contributed by atoms with van der Waals surface area (Å²) in [6.07, 6.45) is 48.7. The van der Waals surface area contributed by atoms with E-state index in [9.17, 15) is 24.2 Å². The van der Waals surface area contributed by atoms with Gasteiger partial charge in [-0.1, -0.05) is 218 Å². The molecule has 3 atom stereocenters. The monoisotopic (exact) mass is 887 g/mol. The van der Waals surface area contributed by atoms with E-state index >= 15 is 0 Å². The molecule has 0 saturated carbocycles. The lowest BCUT2D eigenvalue weighted by Gasteiger charge is -2.20. The van der Waals surface area contributed by atoms with E-state index in [1.54, 1.807) is 0 Å². The van der Waals surface area contributed by atoms with Crippen LogP contribution < -0.4 is 0 Å². The summed E-state index contributed by atoms with van der Waals surface area (Å²) < 4.78 is 32.8. The highest BCUT2D eigenvalue weighted by Gasteiger charge is 2.27. The minimum Gasteiger partial charge on any atom is -0.462 e. The topological polar surface area (TPSA) is 149 Å². The molecule has 0 bridgehead atoms. The molecule has 0 aromatic rings. The summed E-state index contributed by atoms with van der Waals surface area (Å²) in [4.78, 5) is 35.1. The number of allylic oxidation sites excluding steroid dienone is 4. The first-order valence-electron chi connectivity index (χ1n) is 25.3. The van der Waals surface area contributed by atoms with Crippen molar-refractivity contribution < 1.29 is 47.8 Å². The van der Waals surface area contributed by atoms with Crippen LogP contribution >= 0.6 is 7.82 Å². The van der Waals surface area contributed by atoms with Gasteiger partial charge in [-0.2, -0.15) is 0 Å². The number of aliphatic hydroxyl groups is 2. The van der Waals surface area contributed by atoms with E-state index in [1.165, 1.54) is 167 Å². The highest BCUT2D eigenvalue weighted by molar-refractivity contribution is 7.47. The van der Waals surface area contributed by atoms with Gasteiger partial charge in [-0.15, -0.1) is 0 Å². The molecule has 3 N–H and O–H groups in total. The number of rotatable bonds is 48. The Morgan fingerprint density at radius 3 is 1.31 bits per heavy atom. The third-order valence-electron chi connectivity index (χ3n) is 11.1. The number of aliphatic hydroxyl groups excluding tert-OH is 2. The predicted octanol–water partition coefficient (Wildman–Crippen LogP) is 14.1. The standard InChI is InChI=1S/C50H95O10P/c1-3-5-7-9-11-13-15-17-19-21-22-23-24-26-28-30-32-34-36-38-40-42-50(54)60-48(46-59-61(55,56)58-44-47(52)43-51)45-57-49(53)41-39-37-35-33-31-29-27-25-20-18-16-14-12-10-8-6-4-2/h27,29,33,35,47-48,51-52H,3-26,28,30-32,34,36-46H2,1-2H3,(H,55,56)/b29-27+,35-33+/t47-,48+/m0/s1. The lowest BCUT2D eigenvalue weighted by atomic mass is 10.0. The second-order valence-corrected chi connectivity index (χ2v) is 18.7. The van der Waals surface area contributed by atoms with E-state index in [0.29, 0.717) is 12.8 Å². The first kappa shape index (κ1) is 59.5. The third-order valence-corrected chi connectivity index (χ3v) is 12.1. The van der Waals surface area contributed by atoms with Crippen LogP contribution in [-0.4, -0.2) is 65.7 Å². The summed E-state index contributed by atoms with van der Waals surface area (Å²) in [6.45, 7) is 2.38. The Hall–Kier alpha value is -1.55. The van der Waals surface area contributed by atoms with Crippen molar-refractivity contribution in [1.82, 2.24) is 0 Å². The maximum atomic E-state index is 12.7. The fourth-order valence-corrected chi connectivity index (χ4v) is 8.00. The van der Waals surface area contributed by atoms with Crippen LogP contribution in [0.25, 0.3) is 0 Å². The lowest BCUT2D eigenvalue weighted by molar-refractivity contribution is -0.161. The Morgan fingerprint density at radius 2 is 0.869 bits per heavy atom. The van der Waals surface area contributed by atoms with E-state index in [0.717, 1.165) is 38.5 Å². The second kappa shape index (κ2) is 46.4. The Balaban J connectivity index is 4.20. The first-order valence-corrected chi connectivity index (χ1v) is 26.8. The van der Waals surface area contributed by atoms with Crippen molar-refractivity contribution in [3.63, 3.8) is 0 Å². The molecule has 1 unspecified atom stereocenters. The molecule has 0 fully saturated rings. The molecular formula is C50H95O10P. The molecule has 0 rings (SSSR count). The normalized spacial score (nSPS) is 13.9. The zero-order valence-electron chi connectivity index (χ0n) is 39.4. The van der Waals surface area contributed by atoms with Crippen LogP contribution in [0.2, 0.25) is 0 Å². The summed E-state index contributed by atoms with van der Waals surface area (Å²) in [5.41, 5.74) is 0. The molecule has 0 aromatic heterocycles. The fourth-order valence-electron chi connectivity index (χ4n) is 7.21. The number of unbranched alkanes of at least 4 members (excludes halogenated alkanes) is 30. The van der Waals surface area contributed by atoms with Crippen LogP contribution in [0.4, 0.5) is 0 Å². The maximum absolute atomic E-state index is 12.7. The number of phosphoric acid groups is 1. The largest absolute Gasteiger partial charge is 0.472 e. The Morgan fingerprint density at radius 1 is 0.492 bits per heavy atom. The van der Waals surface area contributed by atoms with Gasteiger partial charge in [-0.25, -0.2) is 4.57 Å². The zero-order chi connectivity index (χ0) is 44.8. The van der Waals surface area contributed by atoms with Gasteiger partial charge < -0.3 is 24.6 Å². The van der Waals surface area contributed by atoms with Gasteiger partial charge in [0.05, 0.1) is 19.8 Å². The number of carbonyl (C=O) groups is 2. The zero-order valence-corrected chi connectivity index (χ0v) is 40.3. The summed E-state index contributed by atoms with van der Waals surface area (Å²) in [7, 11) is -4.63. The summed E-state index contributed by atoms with van der Waals surface area (Å²) in [5.74, 6) is -0.964. The molecule has 0 aliphatic rings. The molecule has 0 aromatic carbocycles. The summed E-state index contributed by atoms with van der Waals surface area (Å²) in [6, 6.07) is 0. The van der Waals surface area contributed by atoms with Gasteiger partial charge in [0, 0.05) is 12.8 Å². The highest BCUT2D eigenvalue weighted by atomic mass is 31.2. The van der Waals surface area contributed by atoms with Gasteiger partial charge in [-0.3, -0.25) is 18.6 Å². The van der Waals surface area contributed by atoms with Crippen LogP contribution in [0.5, 0.6) is 0 Å². The van der Waals surface area contributed by atoms with Crippen molar-refractivity contribution >= 4 is 19.8 Å². The average molecular weight is 887 g/mol. The minimum absolute atomic E-state index is 0.181. The maximum Gasteiger partial charge on any atom is 0.472 e. The van der Waals surface area contributed by atoms with Crippen molar-refractivity contribution in [2.75, 3.05) is 26.4 Å². The van der Waals surface area contributed by atoms with Gasteiger partial charge in [0.25, 0.3) is 0 Å². The molecule has 360 valence electrons. The molecule has 0 heterocycles. The van der Waals surface area contributed by atoms with Gasteiger partial charge in [-0.05, 0) is 38.5 Å². The average Bonchev–Trinajstić information content (AvgIpc) is 3.25. The second-order valence-electron chi connectivity index (χ2n) is 17.2. The van der Waals surface area contributed by atoms with Crippen molar-refractivity contribution in [3.8, 4) is 0 Å². The quantitative estimate of drug-likeness (QED) is 0.0233. The third kappa shape index (κ3) is 46.3. The number of ether oxygens (including phenoxy) is 2. The van der Waals surface area contributed by atoms with Gasteiger partial charge in [0.2, 0.25) is 0 Å². The van der Waals surface area contributed by atoms with E-state index in [4.69, 9.17) is 23.6 Å². The number of hydrogen-bond donors (Lipinski definition) is 3. The number of phosphoric ester groups is 1. The molecule has 0 aliphatic heterocycles. The molecule has 0 aliphatic carbocycles. The van der Waals surface area contributed by atoms with Crippen LogP contribution in [0.3, 0.4) is 0 Å². The van der Waals surface area contributed by atoms with Crippen LogP contribution in [0.15, 0.2) is 24.3 Å². The van der Waals surface area contributed by atoms with Gasteiger partial charge in [0.1, 0.15) is 12.7 Å². The van der Waals surface area contributed by atoms with E-state index in [2.05, 4.69) is 38.2 Å². The molecule has 0 amide bonds. The molecule has 0 radical (unpaired) electrons. The van der Waals surface area contributed by atoms with E-state index < -0.39 is 51.8 Å². The fraction of sp³-hybridized carbons (Fsp3) is 0.880. The molecule has 0 saturated heterocycles. The Kier molecular flexibility index (Phi) is 45.3. The minimum atomic E-state index is -4.63. The van der Waals surface area contributed by atoms with Crippen molar-refractivity contribution in [1.29, 1.82) is 0 Å². The lowest BCUT2D eigenvalue weighted by Crippen LogP contribution is -2.29. The molecule has 61 heavy (non-hydrogen) atoms. The predicted molar refractivity (Wildman–Crippen MR) is 252 cm³/mol. The summed E-state index contributed by atoms with van der Waals surface area (Å²) in [5, 5.41) is 18.4.